The third kappa shape index (κ3) is 5.44. The van der Waals surface area contributed by atoms with Crippen LogP contribution in [0.15, 0.2) is 47.4 Å². The molecule has 0 atom stereocenters. The van der Waals surface area contributed by atoms with Crippen LogP contribution >= 0.6 is 0 Å². The van der Waals surface area contributed by atoms with Crippen LogP contribution in [0.5, 0.6) is 0 Å². The van der Waals surface area contributed by atoms with Gasteiger partial charge in [-0.05, 0) is 49.2 Å². The Hall–Kier alpha value is -2.43. The normalized spacial score (nSPS) is 16.3. The number of nitrogens with zero attached hydrogens (tertiary/aromatic N) is 2. The molecule has 2 aromatic carbocycles. The van der Waals surface area contributed by atoms with E-state index in [2.05, 4.69) is 5.32 Å². The summed E-state index contributed by atoms with van der Waals surface area (Å²) in [5, 5.41) is 2.87. The molecule has 1 aliphatic rings. The molecule has 1 aliphatic heterocycles. The summed E-state index contributed by atoms with van der Waals surface area (Å²) >= 11 is 0. The van der Waals surface area contributed by atoms with Gasteiger partial charge >= 0.3 is 6.18 Å². The fourth-order valence-electron chi connectivity index (χ4n) is 3.39. The minimum absolute atomic E-state index is 0.0926. The van der Waals surface area contributed by atoms with Crippen molar-refractivity contribution >= 4 is 21.6 Å². The van der Waals surface area contributed by atoms with Crippen LogP contribution in [-0.4, -0.2) is 56.3 Å². The molecule has 0 unspecified atom stereocenters. The van der Waals surface area contributed by atoms with Crippen LogP contribution in [0.2, 0.25) is 0 Å². The van der Waals surface area contributed by atoms with E-state index in [0.717, 1.165) is 39.3 Å². The molecular weight excluding hydrogens is 431 g/mol. The van der Waals surface area contributed by atoms with Crippen molar-refractivity contribution in [2.75, 3.05) is 38.0 Å². The van der Waals surface area contributed by atoms with Crippen molar-refractivity contribution in [2.24, 2.45) is 0 Å². The summed E-state index contributed by atoms with van der Waals surface area (Å²) in [6, 6.07) is 9.37. The lowest BCUT2D eigenvalue weighted by molar-refractivity contribution is -0.137. The maximum absolute atomic E-state index is 12.9. The van der Waals surface area contributed by atoms with Crippen LogP contribution in [0.3, 0.4) is 0 Å². The summed E-state index contributed by atoms with van der Waals surface area (Å²) in [6.07, 6.45) is -4.62. The molecular formula is C21H24F3N3O3S. The fraction of sp³-hybridized carbons (Fsp3) is 0.381. The smallest absolute Gasteiger partial charge is 0.325 e. The average Bonchev–Trinajstić information content (AvgIpc) is 2.71. The van der Waals surface area contributed by atoms with Crippen molar-refractivity contribution in [1.29, 1.82) is 0 Å². The van der Waals surface area contributed by atoms with Crippen LogP contribution in [0.4, 0.5) is 18.9 Å². The van der Waals surface area contributed by atoms with Crippen molar-refractivity contribution in [3.8, 4) is 0 Å². The zero-order valence-electron chi connectivity index (χ0n) is 17.2. The second kappa shape index (κ2) is 8.97. The third-order valence-electron chi connectivity index (χ3n) is 5.38. The number of amides is 1. The molecule has 0 aliphatic carbocycles. The van der Waals surface area contributed by atoms with E-state index in [1.54, 1.807) is 0 Å². The van der Waals surface area contributed by atoms with Gasteiger partial charge in [0.05, 0.1) is 17.0 Å². The fourth-order valence-corrected chi connectivity index (χ4v) is 4.86. The molecule has 0 spiro atoms. The summed E-state index contributed by atoms with van der Waals surface area (Å²) in [6.45, 7) is 4.77. The Labute approximate surface area is 179 Å². The first kappa shape index (κ1) is 23.2. The van der Waals surface area contributed by atoms with Gasteiger partial charge in [-0.3, -0.25) is 9.69 Å². The van der Waals surface area contributed by atoms with Gasteiger partial charge in [-0.1, -0.05) is 18.2 Å². The lowest BCUT2D eigenvalue weighted by atomic mass is 10.1. The van der Waals surface area contributed by atoms with Gasteiger partial charge < -0.3 is 5.32 Å². The molecule has 10 heteroatoms. The lowest BCUT2D eigenvalue weighted by Crippen LogP contribution is -2.50. The Morgan fingerprint density at radius 1 is 1.03 bits per heavy atom. The summed E-state index contributed by atoms with van der Waals surface area (Å²) in [4.78, 5) is 13.8. The second-order valence-corrected chi connectivity index (χ2v) is 9.44. The Morgan fingerprint density at radius 3 is 2.32 bits per heavy atom. The number of anilines is 1. The number of aryl methyl sites for hydroxylation is 1. The van der Waals surface area contributed by atoms with Gasteiger partial charge in [-0.2, -0.15) is 17.5 Å². The van der Waals surface area contributed by atoms with Crippen LogP contribution in [0.1, 0.15) is 16.7 Å². The average molecular weight is 456 g/mol. The molecule has 1 amide bonds. The minimum atomic E-state index is -4.62. The molecule has 1 fully saturated rings. The number of halogens is 3. The van der Waals surface area contributed by atoms with E-state index in [1.807, 2.05) is 36.9 Å². The molecule has 168 valence electrons. The summed E-state index contributed by atoms with van der Waals surface area (Å²) in [7, 11) is -4.05. The quantitative estimate of drug-likeness (QED) is 0.752. The van der Waals surface area contributed by atoms with E-state index >= 15 is 0 Å². The maximum Gasteiger partial charge on any atom is 0.416 e. The molecule has 1 saturated heterocycles. The first-order chi connectivity index (χ1) is 14.5. The molecule has 1 heterocycles. The van der Waals surface area contributed by atoms with Gasteiger partial charge in [0.1, 0.15) is 0 Å². The van der Waals surface area contributed by atoms with E-state index < -0.39 is 21.8 Å². The highest BCUT2D eigenvalue weighted by molar-refractivity contribution is 7.89. The minimum Gasteiger partial charge on any atom is -0.325 e. The molecule has 3 rings (SSSR count). The van der Waals surface area contributed by atoms with Gasteiger partial charge in [0.2, 0.25) is 15.9 Å². The highest BCUT2D eigenvalue weighted by Gasteiger charge is 2.34. The predicted molar refractivity (Wildman–Crippen MR) is 111 cm³/mol. The maximum atomic E-state index is 12.9. The van der Waals surface area contributed by atoms with Crippen LogP contribution < -0.4 is 5.32 Å². The monoisotopic (exact) mass is 455 g/mol. The zero-order valence-corrected chi connectivity index (χ0v) is 18.1. The molecule has 31 heavy (non-hydrogen) atoms. The highest BCUT2D eigenvalue weighted by atomic mass is 32.2. The molecule has 6 nitrogen and oxygen atoms in total. The number of alkyl halides is 3. The first-order valence-corrected chi connectivity index (χ1v) is 11.2. The van der Waals surface area contributed by atoms with Crippen molar-refractivity contribution in [2.45, 2.75) is 24.9 Å². The first-order valence-electron chi connectivity index (χ1n) is 9.74. The summed E-state index contributed by atoms with van der Waals surface area (Å²) < 4.78 is 65.5. The van der Waals surface area contributed by atoms with Gasteiger partial charge in [-0.15, -0.1) is 0 Å². The number of carbonyl (C=O) groups is 1. The standard InChI is InChI=1S/C21H24F3N3O3S/c1-15-5-3-8-19(16(15)2)25-20(28)14-26-9-11-27(12-10-26)31(29,30)18-7-4-6-17(13-18)21(22,23)24/h3-8,13H,9-12,14H2,1-2H3,(H,25,28). The number of carbonyl (C=O) groups excluding carboxylic acids is 1. The van der Waals surface area contributed by atoms with E-state index in [4.69, 9.17) is 0 Å². The van der Waals surface area contributed by atoms with E-state index in [-0.39, 0.29) is 30.4 Å². The molecule has 0 saturated carbocycles. The van der Waals surface area contributed by atoms with Crippen molar-refractivity contribution < 1.29 is 26.4 Å². The second-order valence-electron chi connectivity index (χ2n) is 7.50. The highest BCUT2D eigenvalue weighted by Crippen LogP contribution is 2.31. The Kier molecular flexibility index (Phi) is 6.73. The summed E-state index contributed by atoms with van der Waals surface area (Å²) in [5.41, 5.74) is 1.77. The van der Waals surface area contributed by atoms with Crippen LogP contribution in [-0.2, 0) is 21.0 Å². The van der Waals surface area contributed by atoms with E-state index in [9.17, 15) is 26.4 Å². The van der Waals surface area contributed by atoms with Crippen LogP contribution in [0.25, 0.3) is 0 Å². The molecule has 1 N–H and O–H groups in total. The number of hydrogen-bond acceptors (Lipinski definition) is 4. The van der Waals surface area contributed by atoms with E-state index in [0.29, 0.717) is 19.2 Å². The predicted octanol–water partition coefficient (Wildman–Crippen LogP) is 3.27. The van der Waals surface area contributed by atoms with Gasteiger partial charge in [0.25, 0.3) is 0 Å². The number of sulfonamides is 1. The Morgan fingerprint density at radius 2 is 1.68 bits per heavy atom. The summed E-state index contributed by atoms with van der Waals surface area (Å²) in [5.74, 6) is -0.206. The molecule has 0 radical (unpaired) electrons. The Balaban J connectivity index is 1.60. The largest absolute Gasteiger partial charge is 0.416 e. The topological polar surface area (TPSA) is 69.7 Å². The lowest BCUT2D eigenvalue weighted by Gasteiger charge is -2.33. The van der Waals surface area contributed by atoms with Crippen molar-refractivity contribution in [1.82, 2.24) is 9.21 Å². The van der Waals surface area contributed by atoms with Gasteiger partial charge in [0.15, 0.2) is 0 Å². The molecule has 0 bridgehead atoms. The van der Waals surface area contributed by atoms with E-state index in [1.165, 1.54) is 0 Å². The number of hydrogen-bond donors (Lipinski definition) is 1. The van der Waals surface area contributed by atoms with Gasteiger partial charge in [-0.25, -0.2) is 8.42 Å². The SMILES string of the molecule is Cc1cccc(NC(=O)CN2CCN(S(=O)(=O)c3cccc(C(F)(F)F)c3)CC2)c1C. The van der Waals surface area contributed by atoms with Crippen LogP contribution in [0, 0.1) is 13.8 Å². The third-order valence-corrected chi connectivity index (χ3v) is 7.27. The number of benzene rings is 2. The number of rotatable bonds is 5. The zero-order chi connectivity index (χ0) is 22.8. The van der Waals surface area contributed by atoms with Crippen molar-refractivity contribution in [3.05, 3.63) is 59.2 Å². The van der Waals surface area contributed by atoms with Crippen molar-refractivity contribution in [3.63, 3.8) is 0 Å². The Bertz CT molecular complexity index is 1060. The van der Waals surface area contributed by atoms with Gasteiger partial charge in [0, 0.05) is 31.9 Å². The number of piperazine rings is 1. The molecule has 0 aromatic heterocycles. The number of nitrogens with one attached hydrogen (secondary N) is 1. The molecule has 2 aromatic rings.